The first kappa shape index (κ1) is 17.0. The normalized spacial score (nSPS) is 31.9. The summed E-state index contributed by atoms with van der Waals surface area (Å²) >= 11 is 0. The molecule has 0 unspecified atom stereocenters. The molecule has 1 aromatic rings. The first-order valence-corrected chi connectivity index (χ1v) is 7.96. The molecule has 3 atom stereocenters. The van der Waals surface area contributed by atoms with Gasteiger partial charge in [-0.1, -0.05) is 0 Å². The summed E-state index contributed by atoms with van der Waals surface area (Å²) in [6.07, 6.45) is 1.58. The van der Waals surface area contributed by atoms with Crippen LogP contribution in [-0.2, 0) is 4.74 Å². The minimum absolute atomic E-state index is 0.0991. The van der Waals surface area contributed by atoms with E-state index in [0.717, 1.165) is 29.5 Å². The van der Waals surface area contributed by atoms with E-state index >= 15 is 0 Å². The first-order valence-electron chi connectivity index (χ1n) is 7.96. The van der Waals surface area contributed by atoms with Gasteiger partial charge in [-0.25, -0.2) is 8.78 Å². The molecule has 2 saturated heterocycles. The second kappa shape index (κ2) is 6.96. The van der Waals surface area contributed by atoms with Gasteiger partial charge in [-0.15, -0.1) is 0 Å². The van der Waals surface area contributed by atoms with E-state index in [2.05, 4.69) is 9.89 Å². The van der Waals surface area contributed by atoms with Crippen molar-refractivity contribution in [2.24, 2.45) is 16.5 Å². The van der Waals surface area contributed by atoms with Crippen LogP contribution >= 0.6 is 0 Å². The number of halogens is 2. The maximum Gasteiger partial charge on any atom is 0.129 e. The summed E-state index contributed by atoms with van der Waals surface area (Å²) < 4.78 is 33.2. The summed E-state index contributed by atoms with van der Waals surface area (Å²) in [5.41, 5.74) is 14.0. The monoisotopic (exact) mass is 336 g/mol. The van der Waals surface area contributed by atoms with Crippen molar-refractivity contribution in [3.63, 3.8) is 0 Å². The summed E-state index contributed by atoms with van der Waals surface area (Å²) in [7, 11) is 1.74. The third kappa shape index (κ3) is 3.19. The number of benzene rings is 1. The minimum Gasteiger partial charge on any atom is -0.404 e. The van der Waals surface area contributed by atoms with E-state index in [1.54, 1.807) is 13.2 Å². The van der Waals surface area contributed by atoms with Crippen molar-refractivity contribution < 1.29 is 13.5 Å². The molecule has 2 fully saturated rings. The molecule has 0 aromatic heterocycles. The van der Waals surface area contributed by atoms with Gasteiger partial charge < -0.3 is 16.2 Å². The molecule has 1 aromatic carbocycles. The molecule has 0 aliphatic carbocycles. The number of likely N-dealkylation sites (tertiary alicyclic amines) is 1. The quantitative estimate of drug-likeness (QED) is 0.855. The molecule has 0 bridgehead atoms. The SMILES string of the molecule is CN=C1CN([C@H]2CO[C@H](c3cc(F)ccc3F)[C@@H](N)C2)CC1=CN. The van der Waals surface area contributed by atoms with E-state index in [4.69, 9.17) is 16.2 Å². The lowest BCUT2D eigenvalue weighted by Crippen LogP contribution is -2.48. The van der Waals surface area contributed by atoms with Crippen LogP contribution in [0.5, 0.6) is 0 Å². The smallest absolute Gasteiger partial charge is 0.129 e. The van der Waals surface area contributed by atoms with Crippen LogP contribution in [0.1, 0.15) is 18.1 Å². The van der Waals surface area contributed by atoms with E-state index in [9.17, 15) is 8.78 Å². The van der Waals surface area contributed by atoms with Crippen LogP contribution in [0.15, 0.2) is 35.0 Å². The molecule has 130 valence electrons. The second-order valence-electron chi connectivity index (χ2n) is 6.24. The lowest BCUT2D eigenvalue weighted by atomic mass is 9.93. The van der Waals surface area contributed by atoms with Gasteiger partial charge in [0.15, 0.2) is 0 Å². The van der Waals surface area contributed by atoms with Crippen molar-refractivity contribution in [2.45, 2.75) is 24.6 Å². The highest BCUT2D eigenvalue weighted by Crippen LogP contribution is 2.32. The highest BCUT2D eigenvalue weighted by atomic mass is 19.1. The van der Waals surface area contributed by atoms with Crippen LogP contribution in [0.3, 0.4) is 0 Å². The number of aliphatic imine (C=N–C) groups is 1. The Labute approximate surface area is 140 Å². The van der Waals surface area contributed by atoms with Gasteiger partial charge in [-0.05, 0) is 24.6 Å². The number of hydrogen-bond acceptors (Lipinski definition) is 5. The van der Waals surface area contributed by atoms with Gasteiger partial charge in [-0.3, -0.25) is 9.89 Å². The number of hydrogen-bond donors (Lipinski definition) is 2. The molecule has 24 heavy (non-hydrogen) atoms. The minimum atomic E-state index is -0.636. The zero-order valence-corrected chi connectivity index (χ0v) is 13.6. The van der Waals surface area contributed by atoms with Crippen molar-refractivity contribution in [3.8, 4) is 0 Å². The summed E-state index contributed by atoms with van der Waals surface area (Å²) in [4.78, 5) is 6.46. The summed E-state index contributed by atoms with van der Waals surface area (Å²) in [6, 6.07) is 3.05. The molecule has 4 N–H and O–H groups in total. The molecule has 5 nitrogen and oxygen atoms in total. The molecular formula is C17H22F2N4O. The molecule has 7 heteroatoms. The van der Waals surface area contributed by atoms with Crippen molar-refractivity contribution in [1.82, 2.24) is 4.90 Å². The van der Waals surface area contributed by atoms with E-state index in [1.165, 1.54) is 0 Å². The fraction of sp³-hybridized carbons (Fsp3) is 0.471. The second-order valence-corrected chi connectivity index (χ2v) is 6.24. The Kier molecular flexibility index (Phi) is 4.93. The highest BCUT2D eigenvalue weighted by Gasteiger charge is 2.37. The van der Waals surface area contributed by atoms with Crippen LogP contribution in [0.25, 0.3) is 0 Å². The molecule has 0 radical (unpaired) electrons. The Morgan fingerprint density at radius 3 is 2.75 bits per heavy atom. The predicted octanol–water partition coefficient (Wildman–Crippen LogP) is 1.35. The topological polar surface area (TPSA) is 76.9 Å². The summed E-state index contributed by atoms with van der Waals surface area (Å²) in [5.74, 6) is -0.990. The van der Waals surface area contributed by atoms with Crippen LogP contribution in [0.2, 0.25) is 0 Å². The maximum absolute atomic E-state index is 14.0. The van der Waals surface area contributed by atoms with Gasteiger partial charge in [0.1, 0.15) is 17.7 Å². The van der Waals surface area contributed by atoms with E-state index in [0.29, 0.717) is 26.1 Å². The predicted molar refractivity (Wildman–Crippen MR) is 88.6 cm³/mol. The average Bonchev–Trinajstić information content (AvgIpc) is 3.00. The first-order chi connectivity index (χ1) is 11.5. The lowest BCUT2D eigenvalue weighted by molar-refractivity contribution is -0.0452. The molecule has 3 rings (SSSR count). The molecular weight excluding hydrogens is 314 g/mol. The standard InChI is InChI=1S/C17H22F2N4O/c1-22-16-8-23(7-10(16)6-20)12-5-15(21)17(24-9-12)13-4-11(18)2-3-14(13)19/h2-4,6,12,15,17H,5,7-9,20-21H2,1H3/t12-,15+,17-/m1/s1. The van der Waals surface area contributed by atoms with Gasteiger partial charge in [0.2, 0.25) is 0 Å². The van der Waals surface area contributed by atoms with Crippen molar-refractivity contribution in [2.75, 3.05) is 26.7 Å². The molecule has 0 saturated carbocycles. The fourth-order valence-electron chi connectivity index (χ4n) is 3.43. The number of ether oxygens (including phenoxy) is 1. The van der Waals surface area contributed by atoms with Crippen LogP contribution in [-0.4, -0.2) is 49.4 Å². The Morgan fingerprint density at radius 1 is 1.33 bits per heavy atom. The number of rotatable bonds is 2. The maximum atomic E-state index is 14.0. The highest BCUT2D eigenvalue weighted by molar-refractivity contribution is 6.03. The van der Waals surface area contributed by atoms with Gasteiger partial charge in [-0.2, -0.15) is 0 Å². The average molecular weight is 336 g/mol. The van der Waals surface area contributed by atoms with Crippen molar-refractivity contribution in [3.05, 3.63) is 47.2 Å². The molecule has 2 aliphatic rings. The van der Waals surface area contributed by atoms with E-state index < -0.39 is 23.8 Å². The van der Waals surface area contributed by atoms with Gasteiger partial charge >= 0.3 is 0 Å². The number of nitrogens with two attached hydrogens (primary N) is 2. The van der Waals surface area contributed by atoms with Crippen molar-refractivity contribution >= 4 is 5.71 Å². The lowest BCUT2D eigenvalue weighted by Gasteiger charge is -2.38. The third-order valence-electron chi connectivity index (χ3n) is 4.75. The summed E-state index contributed by atoms with van der Waals surface area (Å²) in [6.45, 7) is 1.80. The molecule has 2 heterocycles. The zero-order valence-electron chi connectivity index (χ0n) is 13.6. The Morgan fingerprint density at radius 2 is 2.12 bits per heavy atom. The van der Waals surface area contributed by atoms with Gasteiger partial charge in [0.25, 0.3) is 0 Å². The van der Waals surface area contributed by atoms with Crippen LogP contribution < -0.4 is 11.5 Å². The van der Waals surface area contributed by atoms with Crippen LogP contribution in [0, 0.1) is 11.6 Å². The molecule has 0 spiro atoms. The van der Waals surface area contributed by atoms with Crippen molar-refractivity contribution in [1.29, 1.82) is 0 Å². The molecule has 2 aliphatic heterocycles. The largest absolute Gasteiger partial charge is 0.404 e. The fourth-order valence-corrected chi connectivity index (χ4v) is 3.43. The Hall–Kier alpha value is -1.83. The van der Waals surface area contributed by atoms with Gasteiger partial charge in [0, 0.05) is 49.6 Å². The number of nitrogens with zero attached hydrogens (tertiary/aromatic N) is 2. The summed E-state index contributed by atoms with van der Waals surface area (Å²) in [5, 5.41) is 0. The van der Waals surface area contributed by atoms with Gasteiger partial charge in [0.05, 0.1) is 12.3 Å². The van der Waals surface area contributed by atoms with E-state index in [1.807, 2.05) is 0 Å². The third-order valence-corrected chi connectivity index (χ3v) is 4.75. The van der Waals surface area contributed by atoms with Crippen LogP contribution in [0.4, 0.5) is 8.78 Å². The zero-order chi connectivity index (χ0) is 17.3. The van der Waals surface area contributed by atoms with E-state index in [-0.39, 0.29) is 11.6 Å². The Balaban J connectivity index is 1.71. The Bertz CT molecular complexity index is 657. The molecule has 0 amide bonds.